The van der Waals surface area contributed by atoms with E-state index in [0.717, 1.165) is 12.1 Å². The predicted molar refractivity (Wildman–Crippen MR) is 225 cm³/mol. The molecule has 3 aromatic carbocycles. The van der Waals surface area contributed by atoms with Gasteiger partial charge in [-0.2, -0.15) is 13.2 Å². The van der Waals surface area contributed by atoms with E-state index in [1.54, 1.807) is 92.9 Å². The molecule has 6 rings (SSSR count). The van der Waals surface area contributed by atoms with E-state index in [1.165, 1.54) is 21.9 Å². The molecule has 334 valence electrons. The monoisotopic (exact) mass is 873 g/mol. The van der Waals surface area contributed by atoms with Crippen molar-refractivity contribution in [3.05, 3.63) is 102 Å². The van der Waals surface area contributed by atoms with Crippen molar-refractivity contribution in [3.63, 3.8) is 0 Å². The van der Waals surface area contributed by atoms with Crippen molar-refractivity contribution in [1.82, 2.24) is 25.0 Å². The molecule has 63 heavy (non-hydrogen) atoms. The molecule has 2 aliphatic heterocycles. The van der Waals surface area contributed by atoms with Gasteiger partial charge in [-0.25, -0.2) is 9.59 Å². The van der Waals surface area contributed by atoms with Crippen LogP contribution >= 0.6 is 0 Å². The second kappa shape index (κ2) is 17.5. The maximum Gasteiger partial charge on any atom is 0.416 e. The van der Waals surface area contributed by atoms with Crippen molar-refractivity contribution in [2.45, 2.75) is 82.7 Å². The summed E-state index contributed by atoms with van der Waals surface area (Å²) in [5, 5.41) is 23.4. The number of carboxylic acid groups (broad SMARTS) is 2. The lowest BCUT2D eigenvalue weighted by molar-refractivity contribution is -0.146. The van der Waals surface area contributed by atoms with Crippen LogP contribution in [0.4, 0.5) is 22.8 Å². The lowest BCUT2D eigenvalue weighted by Crippen LogP contribution is -2.59. The summed E-state index contributed by atoms with van der Waals surface area (Å²) in [6.07, 6.45) is -6.17. The van der Waals surface area contributed by atoms with Gasteiger partial charge in [-0.15, -0.1) is 0 Å². The van der Waals surface area contributed by atoms with Gasteiger partial charge in [0.15, 0.2) is 0 Å². The minimum Gasteiger partial charge on any atom is -0.465 e. The Morgan fingerprint density at radius 2 is 0.968 bits per heavy atom. The molecule has 8 N–H and O–H groups in total. The Kier molecular flexibility index (Phi) is 12.7. The third-order valence-electron chi connectivity index (χ3n) is 12.2. The van der Waals surface area contributed by atoms with Gasteiger partial charge in [0.1, 0.15) is 23.2 Å². The topological polar surface area (TPSA) is 230 Å². The third kappa shape index (κ3) is 8.40. The summed E-state index contributed by atoms with van der Waals surface area (Å²) in [5.74, 6) is -3.66. The number of carbonyl (C=O) groups excluding carboxylic acids is 4. The zero-order chi connectivity index (χ0) is 46.2. The number of benzene rings is 3. The van der Waals surface area contributed by atoms with Crippen LogP contribution in [0.15, 0.2) is 84.9 Å². The zero-order valence-corrected chi connectivity index (χ0v) is 35.1. The number of nitrogens with zero attached hydrogens (tertiary/aromatic N) is 3. The summed E-state index contributed by atoms with van der Waals surface area (Å²) in [7, 11) is 0. The van der Waals surface area contributed by atoms with E-state index >= 15 is 0 Å². The quantitative estimate of drug-likeness (QED) is 0.0928. The largest absolute Gasteiger partial charge is 0.465 e. The number of carbonyl (C=O) groups is 6. The molecule has 1 aromatic heterocycles. The number of alkyl halides is 3. The Labute approximate surface area is 361 Å². The fourth-order valence-electron chi connectivity index (χ4n) is 9.06. The lowest BCUT2D eigenvalue weighted by Gasteiger charge is -2.39. The van der Waals surface area contributed by atoms with Crippen molar-refractivity contribution < 1.29 is 52.2 Å². The van der Waals surface area contributed by atoms with Crippen molar-refractivity contribution in [2.75, 3.05) is 13.1 Å². The molecule has 4 atom stereocenters. The molecular weight excluding hydrogens is 824 g/mol. The summed E-state index contributed by atoms with van der Waals surface area (Å²) in [5.41, 5.74) is 11.4. The molecule has 0 spiro atoms. The van der Waals surface area contributed by atoms with Gasteiger partial charge in [-0.1, -0.05) is 76.2 Å². The van der Waals surface area contributed by atoms with Gasteiger partial charge in [-0.05, 0) is 96.2 Å². The van der Waals surface area contributed by atoms with Crippen LogP contribution in [0.5, 0.6) is 0 Å². The van der Waals surface area contributed by atoms with Crippen LogP contribution in [0.1, 0.15) is 70.1 Å². The number of likely N-dealkylation sites (tertiary alicyclic amines) is 2. The van der Waals surface area contributed by atoms with Crippen LogP contribution in [-0.4, -0.2) is 85.6 Å². The summed E-state index contributed by atoms with van der Waals surface area (Å²) < 4.78 is 42.9. The molecule has 0 bridgehead atoms. The molecule has 2 fully saturated rings. The standard InChI is InChI=1S/C45H50F3N7O8/c1-25(2)35(51-41(60)61)37(56)53-23-5-21-43(53,39(49)58)29-11-7-27(8-12-29)33-19-20-34(55(33)32-17-15-31(16-18-32)45(46,47)48)28-9-13-30(14-10-28)44(40(50)59)22-6-24-54(44)38(57)36(26(3)4)52-42(62)63/h7-20,25-26,35-36,51-52H,5-6,21-24H2,1-4H3,(H2,49,58)(H2,50,59)(H,60,61)(H,62,63)/t35-,36-,43-,44-/m0/s1. The van der Waals surface area contributed by atoms with Crippen LogP contribution in [0, 0.1) is 11.8 Å². The van der Waals surface area contributed by atoms with Crippen molar-refractivity contribution in [2.24, 2.45) is 23.3 Å². The summed E-state index contributed by atoms with van der Waals surface area (Å²) in [6.45, 7) is 7.03. The first-order valence-corrected chi connectivity index (χ1v) is 20.5. The molecule has 2 aliphatic rings. The van der Waals surface area contributed by atoms with Crippen LogP contribution < -0.4 is 22.1 Å². The van der Waals surface area contributed by atoms with Crippen LogP contribution in [0.3, 0.4) is 0 Å². The average Bonchev–Trinajstić information content (AvgIpc) is 4.00. The summed E-state index contributed by atoms with van der Waals surface area (Å²) in [4.78, 5) is 80.3. The Hall–Kier alpha value is -6.85. The summed E-state index contributed by atoms with van der Waals surface area (Å²) >= 11 is 0. The Bertz CT molecular complexity index is 2260. The van der Waals surface area contributed by atoms with E-state index in [2.05, 4.69) is 10.6 Å². The molecule has 15 nitrogen and oxygen atoms in total. The molecule has 0 saturated carbocycles. The number of nitrogens with one attached hydrogen (secondary N) is 2. The molecule has 4 aromatic rings. The van der Waals surface area contributed by atoms with Gasteiger partial charge in [0.2, 0.25) is 23.6 Å². The fourth-order valence-corrected chi connectivity index (χ4v) is 9.06. The SMILES string of the molecule is CC(C)[C@H](NC(=O)O)C(=O)N1CCC[C@@]1(C(N)=O)c1ccc(-c2ccc(-c3ccc([C@]4(C(N)=O)CCCN4C(=O)[C@@H](NC(=O)O)C(C)C)cc3)n2-c2ccc(C(F)(F)F)cc2)cc1. The number of amides is 6. The highest BCUT2D eigenvalue weighted by atomic mass is 19.4. The minimum absolute atomic E-state index is 0.155. The van der Waals surface area contributed by atoms with Gasteiger partial charge in [-0.3, -0.25) is 19.2 Å². The maximum absolute atomic E-state index is 13.9. The Morgan fingerprint density at radius 3 is 1.27 bits per heavy atom. The number of nitrogens with two attached hydrogens (primary N) is 2. The zero-order valence-electron chi connectivity index (χ0n) is 35.1. The van der Waals surface area contributed by atoms with Crippen LogP contribution in [-0.2, 0) is 36.4 Å². The first-order valence-electron chi connectivity index (χ1n) is 20.5. The number of hydrogen-bond acceptors (Lipinski definition) is 6. The van der Waals surface area contributed by atoms with Crippen LogP contribution in [0.25, 0.3) is 28.2 Å². The molecule has 2 saturated heterocycles. The van der Waals surface area contributed by atoms with Crippen molar-refractivity contribution in [1.29, 1.82) is 0 Å². The third-order valence-corrected chi connectivity index (χ3v) is 12.2. The molecule has 0 aliphatic carbocycles. The van der Waals surface area contributed by atoms with Gasteiger partial charge >= 0.3 is 18.4 Å². The van der Waals surface area contributed by atoms with E-state index in [4.69, 9.17) is 11.5 Å². The second-order valence-corrected chi connectivity index (χ2v) is 16.6. The van der Waals surface area contributed by atoms with Gasteiger partial charge in [0, 0.05) is 18.8 Å². The highest BCUT2D eigenvalue weighted by Gasteiger charge is 2.53. The number of halogens is 3. The van der Waals surface area contributed by atoms with Crippen LogP contribution in [0.2, 0.25) is 0 Å². The normalized spacial score (nSPS) is 19.8. The van der Waals surface area contributed by atoms with E-state index in [0.29, 0.717) is 52.2 Å². The molecular formula is C45H50F3N7O8. The molecule has 0 unspecified atom stereocenters. The number of rotatable bonds is 13. The maximum atomic E-state index is 13.9. The smallest absolute Gasteiger partial charge is 0.416 e. The molecule has 6 amide bonds. The fraction of sp³-hybridized carbons (Fsp3) is 0.378. The average molecular weight is 874 g/mol. The lowest BCUT2D eigenvalue weighted by atomic mass is 9.85. The van der Waals surface area contributed by atoms with E-state index in [9.17, 15) is 52.2 Å². The van der Waals surface area contributed by atoms with E-state index < -0.39 is 82.6 Å². The van der Waals surface area contributed by atoms with Crippen molar-refractivity contribution >= 4 is 35.8 Å². The minimum atomic E-state index is -4.60. The second-order valence-electron chi connectivity index (χ2n) is 16.6. The van der Waals surface area contributed by atoms with Gasteiger partial charge in [0.25, 0.3) is 0 Å². The highest BCUT2D eigenvalue weighted by Crippen LogP contribution is 2.43. The van der Waals surface area contributed by atoms with Gasteiger partial charge < -0.3 is 46.7 Å². The summed E-state index contributed by atoms with van der Waals surface area (Å²) in [6, 6.07) is 19.2. The molecule has 3 heterocycles. The first-order chi connectivity index (χ1) is 29.6. The first kappa shape index (κ1) is 45.7. The van der Waals surface area contributed by atoms with E-state index in [1.807, 2.05) is 0 Å². The predicted octanol–water partition coefficient (Wildman–Crippen LogP) is 6.02. The number of aromatic nitrogens is 1. The number of hydrogen-bond donors (Lipinski definition) is 6. The van der Waals surface area contributed by atoms with Gasteiger partial charge in [0.05, 0.1) is 17.0 Å². The Balaban J connectivity index is 1.42. The Morgan fingerprint density at radius 1 is 0.603 bits per heavy atom. The van der Waals surface area contributed by atoms with Crippen molar-refractivity contribution in [3.8, 4) is 28.2 Å². The molecule has 18 heteroatoms. The number of primary amides is 2. The highest BCUT2D eigenvalue weighted by molar-refractivity contribution is 5.96. The molecule has 0 radical (unpaired) electrons. The van der Waals surface area contributed by atoms with E-state index in [-0.39, 0.29) is 25.9 Å².